The summed E-state index contributed by atoms with van der Waals surface area (Å²) in [6.07, 6.45) is 1.70. The molecule has 24 heavy (non-hydrogen) atoms. The number of rotatable bonds is 4. The maximum Gasteiger partial charge on any atom is 0.257 e. The Kier molecular flexibility index (Phi) is 5.26. The van der Waals surface area contributed by atoms with Crippen molar-refractivity contribution in [3.8, 4) is 11.5 Å². The van der Waals surface area contributed by atoms with Crippen LogP contribution in [0.1, 0.15) is 23.2 Å². The molecule has 1 aliphatic heterocycles. The molecule has 3 rings (SSSR count). The Labute approximate surface area is 146 Å². The number of hydrogen-bond acceptors (Lipinski definition) is 3. The summed E-state index contributed by atoms with van der Waals surface area (Å²) in [5.41, 5.74) is 0.606. The number of benzene rings is 2. The topological polar surface area (TPSA) is 38.8 Å². The molecule has 0 atom stereocenters. The lowest BCUT2D eigenvalue weighted by Gasteiger charge is -2.32. The van der Waals surface area contributed by atoms with Gasteiger partial charge in [0.25, 0.3) is 5.91 Å². The van der Waals surface area contributed by atoms with Crippen molar-refractivity contribution in [2.45, 2.75) is 18.9 Å². The van der Waals surface area contributed by atoms with Gasteiger partial charge in [0.15, 0.2) is 0 Å². The van der Waals surface area contributed by atoms with Crippen LogP contribution in [-0.4, -0.2) is 37.1 Å². The fraction of sp³-hybridized carbons (Fsp3) is 0.316. The van der Waals surface area contributed by atoms with Gasteiger partial charge in [0.05, 0.1) is 12.7 Å². The predicted molar refractivity (Wildman–Crippen MR) is 94.0 cm³/mol. The molecular formula is C19H20ClNO3. The quantitative estimate of drug-likeness (QED) is 0.839. The van der Waals surface area contributed by atoms with Crippen LogP contribution in [0.3, 0.4) is 0 Å². The van der Waals surface area contributed by atoms with E-state index in [0.717, 1.165) is 18.6 Å². The summed E-state index contributed by atoms with van der Waals surface area (Å²) in [5.74, 6) is 1.39. The summed E-state index contributed by atoms with van der Waals surface area (Å²) in [6.45, 7) is 1.34. The molecule has 1 aliphatic rings. The normalized spacial score (nSPS) is 15.2. The Hall–Kier alpha value is -2.20. The largest absolute Gasteiger partial charge is 0.496 e. The smallest absolute Gasteiger partial charge is 0.257 e. The van der Waals surface area contributed by atoms with Gasteiger partial charge >= 0.3 is 0 Å². The van der Waals surface area contributed by atoms with Crippen molar-refractivity contribution in [2.75, 3.05) is 20.2 Å². The lowest BCUT2D eigenvalue weighted by molar-refractivity contribution is 0.0592. The second-order valence-electron chi connectivity index (χ2n) is 5.77. The van der Waals surface area contributed by atoms with Gasteiger partial charge in [-0.15, -0.1) is 0 Å². The molecule has 0 N–H and O–H groups in total. The molecule has 1 saturated heterocycles. The van der Waals surface area contributed by atoms with E-state index in [2.05, 4.69) is 0 Å². The fourth-order valence-electron chi connectivity index (χ4n) is 2.90. The van der Waals surface area contributed by atoms with Crippen LogP contribution in [0.2, 0.25) is 5.02 Å². The highest BCUT2D eigenvalue weighted by Crippen LogP contribution is 2.24. The third-order valence-electron chi connectivity index (χ3n) is 4.17. The average molecular weight is 346 g/mol. The first kappa shape index (κ1) is 16.7. The molecule has 1 heterocycles. The minimum atomic E-state index is 0.00801. The second kappa shape index (κ2) is 7.58. The Morgan fingerprint density at radius 3 is 2.58 bits per heavy atom. The Balaban J connectivity index is 1.59. The lowest BCUT2D eigenvalue weighted by Crippen LogP contribution is -2.41. The fourth-order valence-corrected chi connectivity index (χ4v) is 3.08. The highest BCUT2D eigenvalue weighted by molar-refractivity contribution is 6.30. The zero-order chi connectivity index (χ0) is 16.9. The Bertz CT molecular complexity index is 711. The van der Waals surface area contributed by atoms with Crippen molar-refractivity contribution in [2.24, 2.45) is 0 Å². The molecule has 0 spiro atoms. The van der Waals surface area contributed by atoms with Crippen molar-refractivity contribution in [3.05, 3.63) is 59.1 Å². The number of piperidine rings is 1. The van der Waals surface area contributed by atoms with E-state index >= 15 is 0 Å². The van der Waals surface area contributed by atoms with Crippen molar-refractivity contribution in [1.82, 2.24) is 4.90 Å². The highest BCUT2D eigenvalue weighted by atomic mass is 35.5. The number of carbonyl (C=O) groups excluding carboxylic acids is 1. The van der Waals surface area contributed by atoms with Gasteiger partial charge in [0.1, 0.15) is 17.6 Å². The molecule has 126 valence electrons. The highest BCUT2D eigenvalue weighted by Gasteiger charge is 2.26. The summed E-state index contributed by atoms with van der Waals surface area (Å²) in [7, 11) is 1.58. The van der Waals surface area contributed by atoms with Crippen LogP contribution in [0.5, 0.6) is 11.5 Å². The van der Waals surface area contributed by atoms with Gasteiger partial charge in [-0.2, -0.15) is 0 Å². The van der Waals surface area contributed by atoms with Crippen molar-refractivity contribution in [3.63, 3.8) is 0 Å². The molecule has 1 amide bonds. The summed E-state index contributed by atoms with van der Waals surface area (Å²) in [4.78, 5) is 14.5. The number of para-hydroxylation sites is 1. The number of amides is 1. The predicted octanol–water partition coefficient (Wildman–Crippen LogP) is 4.03. The first-order valence-electron chi connectivity index (χ1n) is 8.02. The van der Waals surface area contributed by atoms with Gasteiger partial charge in [-0.1, -0.05) is 29.8 Å². The van der Waals surface area contributed by atoms with Crippen LogP contribution < -0.4 is 9.47 Å². The van der Waals surface area contributed by atoms with Crippen LogP contribution >= 0.6 is 11.6 Å². The molecule has 0 radical (unpaired) electrons. The summed E-state index contributed by atoms with van der Waals surface area (Å²) in [6, 6.07) is 14.7. The summed E-state index contributed by atoms with van der Waals surface area (Å²) in [5, 5.41) is 0.663. The maximum absolute atomic E-state index is 12.7. The van der Waals surface area contributed by atoms with Crippen molar-refractivity contribution >= 4 is 17.5 Å². The number of halogens is 1. The van der Waals surface area contributed by atoms with Gasteiger partial charge in [0.2, 0.25) is 0 Å². The van der Waals surface area contributed by atoms with Gasteiger partial charge in [-0.25, -0.2) is 0 Å². The number of likely N-dealkylation sites (tertiary alicyclic amines) is 1. The first-order valence-corrected chi connectivity index (χ1v) is 8.39. The molecule has 2 aromatic rings. The van der Waals surface area contributed by atoms with Crippen LogP contribution in [-0.2, 0) is 0 Å². The van der Waals surface area contributed by atoms with Crippen LogP contribution in [0, 0.1) is 0 Å². The monoisotopic (exact) mass is 345 g/mol. The zero-order valence-corrected chi connectivity index (χ0v) is 14.3. The molecular weight excluding hydrogens is 326 g/mol. The van der Waals surface area contributed by atoms with E-state index in [-0.39, 0.29) is 12.0 Å². The number of methoxy groups -OCH3 is 1. The molecule has 0 aromatic heterocycles. The molecule has 2 aromatic carbocycles. The number of hydrogen-bond donors (Lipinski definition) is 0. The number of carbonyl (C=O) groups is 1. The lowest BCUT2D eigenvalue weighted by atomic mass is 10.1. The van der Waals surface area contributed by atoms with Crippen LogP contribution in [0.4, 0.5) is 0 Å². The average Bonchev–Trinajstić information content (AvgIpc) is 2.62. The maximum atomic E-state index is 12.7. The molecule has 0 unspecified atom stereocenters. The minimum absolute atomic E-state index is 0.00801. The minimum Gasteiger partial charge on any atom is -0.496 e. The first-order chi connectivity index (χ1) is 11.7. The molecule has 5 heteroatoms. The van der Waals surface area contributed by atoms with Gasteiger partial charge in [-0.05, 0) is 30.3 Å². The molecule has 0 aliphatic carbocycles. The Morgan fingerprint density at radius 1 is 1.12 bits per heavy atom. The SMILES string of the molecule is COc1ccccc1C(=O)N1CCC(Oc2cccc(Cl)c2)CC1. The molecule has 0 saturated carbocycles. The third-order valence-corrected chi connectivity index (χ3v) is 4.40. The van der Waals surface area contributed by atoms with E-state index in [9.17, 15) is 4.79 Å². The second-order valence-corrected chi connectivity index (χ2v) is 6.20. The molecule has 0 bridgehead atoms. The van der Waals surface area contributed by atoms with Gasteiger partial charge in [-0.3, -0.25) is 4.79 Å². The van der Waals surface area contributed by atoms with E-state index in [1.807, 2.05) is 47.4 Å². The van der Waals surface area contributed by atoms with Gasteiger partial charge in [0, 0.05) is 31.0 Å². The standard InChI is InChI=1S/C19H20ClNO3/c1-23-18-8-3-2-7-17(18)19(22)21-11-9-15(10-12-21)24-16-6-4-5-14(20)13-16/h2-8,13,15H,9-12H2,1H3. The van der Waals surface area contributed by atoms with E-state index in [1.54, 1.807) is 13.2 Å². The van der Waals surface area contributed by atoms with Crippen LogP contribution in [0.25, 0.3) is 0 Å². The van der Waals surface area contributed by atoms with E-state index in [1.165, 1.54) is 0 Å². The zero-order valence-electron chi connectivity index (χ0n) is 13.6. The Morgan fingerprint density at radius 2 is 1.88 bits per heavy atom. The van der Waals surface area contributed by atoms with Crippen LogP contribution in [0.15, 0.2) is 48.5 Å². The summed E-state index contributed by atoms with van der Waals surface area (Å²) >= 11 is 5.98. The van der Waals surface area contributed by atoms with Crippen molar-refractivity contribution < 1.29 is 14.3 Å². The van der Waals surface area contributed by atoms with E-state index < -0.39 is 0 Å². The summed E-state index contributed by atoms with van der Waals surface area (Å²) < 4.78 is 11.3. The molecule has 4 nitrogen and oxygen atoms in total. The van der Waals surface area contributed by atoms with E-state index in [4.69, 9.17) is 21.1 Å². The van der Waals surface area contributed by atoms with E-state index in [0.29, 0.717) is 29.4 Å². The molecule has 1 fully saturated rings. The number of nitrogens with zero attached hydrogens (tertiary/aromatic N) is 1. The van der Waals surface area contributed by atoms with Gasteiger partial charge < -0.3 is 14.4 Å². The van der Waals surface area contributed by atoms with Crippen molar-refractivity contribution in [1.29, 1.82) is 0 Å². The third kappa shape index (κ3) is 3.82. The number of ether oxygens (including phenoxy) is 2.